The number of benzene rings is 1. The van der Waals surface area contributed by atoms with Gasteiger partial charge >= 0.3 is 5.97 Å². The first-order chi connectivity index (χ1) is 11.9. The molecule has 1 fully saturated rings. The van der Waals surface area contributed by atoms with Crippen molar-refractivity contribution in [3.05, 3.63) is 29.8 Å². The molecule has 1 saturated heterocycles. The number of carboxylic acid groups (broad SMARTS) is 1. The zero-order valence-electron chi connectivity index (χ0n) is 14.8. The quantitative estimate of drug-likeness (QED) is 0.756. The van der Waals surface area contributed by atoms with E-state index < -0.39 is 11.9 Å². The van der Waals surface area contributed by atoms with Gasteiger partial charge in [0, 0.05) is 31.1 Å². The van der Waals surface area contributed by atoms with Gasteiger partial charge in [0.25, 0.3) is 0 Å². The minimum atomic E-state index is -0.880. The number of aryl methyl sites for hydroxylation is 1. The molecule has 0 spiro atoms. The maximum absolute atomic E-state index is 12.3. The summed E-state index contributed by atoms with van der Waals surface area (Å²) < 4.78 is 0. The molecule has 2 rings (SSSR count). The molecule has 0 aliphatic carbocycles. The lowest BCUT2D eigenvalue weighted by molar-refractivity contribution is -0.137. The molecule has 0 aromatic heterocycles. The molecule has 6 heteroatoms. The van der Waals surface area contributed by atoms with E-state index in [0.29, 0.717) is 13.0 Å². The monoisotopic (exact) mass is 346 g/mol. The fourth-order valence-electron chi connectivity index (χ4n) is 3.04. The van der Waals surface area contributed by atoms with Crippen molar-refractivity contribution >= 4 is 23.5 Å². The lowest BCUT2D eigenvalue weighted by atomic mass is 10.1. The van der Waals surface area contributed by atoms with Crippen molar-refractivity contribution in [2.24, 2.45) is 5.92 Å². The minimum Gasteiger partial charge on any atom is -0.481 e. The summed E-state index contributed by atoms with van der Waals surface area (Å²) >= 11 is 0. The van der Waals surface area contributed by atoms with Gasteiger partial charge in [0.1, 0.15) is 0 Å². The number of nitrogens with zero attached hydrogens (tertiary/aromatic N) is 1. The van der Waals surface area contributed by atoms with Crippen LogP contribution < -0.4 is 10.2 Å². The zero-order chi connectivity index (χ0) is 18.4. The van der Waals surface area contributed by atoms with Gasteiger partial charge in [0.2, 0.25) is 11.8 Å². The lowest BCUT2D eigenvalue weighted by Crippen LogP contribution is -2.38. The number of carboxylic acids is 1. The third-order valence-corrected chi connectivity index (χ3v) is 4.46. The molecule has 2 amide bonds. The third kappa shape index (κ3) is 5.31. The molecule has 0 bridgehead atoms. The van der Waals surface area contributed by atoms with Crippen LogP contribution in [0.15, 0.2) is 24.3 Å². The number of anilines is 1. The maximum Gasteiger partial charge on any atom is 0.303 e. The molecule has 1 heterocycles. The summed E-state index contributed by atoms with van der Waals surface area (Å²) in [4.78, 5) is 36.8. The molecule has 1 aromatic rings. The van der Waals surface area contributed by atoms with Crippen molar-refractivity contribution in [2.75, 3.05) is 11.4 Å². The van der Waals surface area contributed by atoms with E-state index in [9.17, 15) is 14.4 Å². The molecule has 6 nitrogen and oxygen atoms in total. The van der Waals surface area contributed by atoms with Crippen LogP contribution in [0.1, 0.15) is 45.1 Å². The van der Waals surface area contributed by atoms with Crippen molar-refractivity contribution in [1.29, 1.82) is 0 Å². The Morgan fingerprint density at radius 1 is 1.32 bits per heavy atom. The summed E-state index contributed by atoms with van der Waals surface area (Å²) in [5, 5.41) is 11.5. The highest BCUT2D eigenvalue weighted by Crippen LogP contribution is 2.26. The van der Waals surface area contributed by atoms with Gasteiger partial charge in [-0.2, -0.15) is 0 Å². The van der Waals surface area contributed by atoms with Crippen molar-refractivity contribution in [2.45, 2.75) is 52.0 Å². The van der Waals surface area contributed by atoms with Crippen LogP contribution in [-0.2, 0) is 20.8 Å². The number of hydrogen-bond donors (Lipinski definition) is 2. The molecule has 1 aromatic carbocycles. The molecule has 25 heavy (non-hydrogen) atoms. The Labute approximate surface area is 148 Å². The molecule has 1 aliphatic rings. The van der Waals surface area contributed by atoms with Gasteiger partial charge in [-0.05, 0) is 37.5 Å². The lowest BCUT2D eigenvalue weighted by Gasteiger charge is -2.18. The van der Waals surface area contributed by atoms with Crippen LogP contribution in [0.4, 0.5) is 5.69 Å². The van der Waals surface area contributed by atoms with E-state index in [2.05, 4.69) is 12.2 Å². The third-order valence-electron chi connectivity index (χ3n) is 4.46. The van der Waals surface area contributed by atoms with Crippen molar-refractivity contribution in [3.8, 4) is 0 Å². The number of nitrogens with one attached hydrogen (secondary N) is 1. The zero-order valence-corrected chi connectivity index (χ0v) is 14.8. The molecule has 136 valence electrons. The smallest absolute Gasteiger partial charge is 0.303 e. The van der Waals surface area contributed by atoms with Crippen molar-refractivity contribution in [3.63, 3.8) is 0 Å². The minimum absolute atomic E-state index is 0.0152. The van der Waals surface area contributed by atoms with E-state index >= 15 is 0 Å². The Bertz CT molecular complexity index is 627. The van der Waals surface area contributed by atoms with Crippen molar-refractivity contribution < 1.29 is 19.5 Å². The topological polar surface area (TPSA) is 86.7 Å². The normalized spacial score (nSPS) is 18.2. The maximum atomic E-state index is 12.3. The van der Waals surface area contributed by atoms with Crippen LogP contribution in [0.5, 0.6) is 0 Å². The SMILES string of the molecule is CCCc1ccc(N2CC(C(=O)NC(C)CCC(=O)O)CC2=O)cc1. The predicted octanol–water partition coefficient (Wildman–Crippen LogP) is 2.36. The predicted molar refractivity (Wildman–Crippen MR) is 95.4 cm³/mol. The van der Waals surface area contributed by atoms with Crippen LogP contribution in [0.2, 0.25) is 0 Å². The summed E-state index contributed by atoms with van der Waals surface area (Å²) in [6, 6.07) is 7.68. The van der Waals surface area contributed by atoms with E-state index in [1.165, 1.54) is 5.56 Å². The van der Waals surface area contributed by atoms with E-state index in [1.807, 2.05) is 24.3 Å². The van der Waals surface area contributed by atoms with Gasteiger partial charge in [0.05, 0.1) is 5.92 Å². The highest BCUT2D eigenvalue weighted by Gasteiger charge is 2.35. The highest BCUT2D eigenvalue weighted by molar-refractivity contribution is 6.00. The van der Waals surface area contributed by atoms with Gasteiger partial charge in [-0.25, -0.2) is 0 Å². The van der Waals surface area contributed by atoms with Crippen LogP contribution in [-0.4, -0.2) is 35.5 Å². The Kier molecular flexibility index (Phi) is 6.56. The van der Waals surface area contributed by atoms with E-state index in [4.69, 9.17) is 5.11 Å². The van der Waals surface area contributed by atoms with Gasteiger partial charge in [-0.15, -0.1) is 0 Å². The van der Waals surface area contributed by atoms with Gasteiger partial charge in [-0.3, -0.25) is 14.4 Å². The standard InChI is InChI=1S/C19H26N2O4/c1-3-4-14-6-8-16(9-7-14)21-12-15(11-17(21)22)19(25)20-13(2)5-10-18(23)24/h6-9,13,15H,3-5,10-12H2,1-2H3,(H,20,25)(H,23,24). The first kappa shape index (κ1) is 19.0. The number of amides is 2. The summed E-state index contributed by atoms with van der Waals surface area (Å²) in [5.41, 5.74) is 2.05. The molecule has 2 unspecified atom stereocenters. The molecular weight excluding hydrogens is 320 g/mol. The summed E-state index contributed by atoms with van der Waals surface area (Å²) in [6.07, 6.45) is 2.66. The summed E-state index contributed by atoms with van der Waals surface area (Å²) in [5.74, 6) is -1.51. The average molecular weight is 346 g/mol. The van der Waals surface area contributed by atoms with Gasteiger partial charge in [0.15, 0.2) is 0 Å². The molecular formula is C19H26N2O4. The number of hydrogen-bond acceptors (Lipinski definition) is 3. The second-order valence-corrected chi connectivity index (χ2v) is 6.66. The summed E-state index contributed by atoms with van der Waals surface area (Å²) in [7, 11) is 0. The first-order valence-corrected chi connectivity index (χ1v) is 8.82. The number of carbonyl (C=O) groups is 3. The molecule has 1 aliphatic heterocycles. The molecule has 0 saturated carbocycles. The Morgan fingerprint density at radius 3 is 2.60 bits per heavy atom. The highest BCUT2D eigenvalue weighted by atomic mass is 16.4. The fraction of sp³-hybridized carbons (Fsp3) is 0.526. The summed E-state index contributed by atoms with van der Waals surface area (Å²) in [6.45, 7) is 4.27. The Morgan fingerprint density at radius 2 is 2.00 bits per heavy atom. The van der Waals surface area contributed by atoms with Crippen LogP contribution in [0.25, 0.3) is 0 Å². The number of rotatable bonds is 8. The second kappa shape index (κ2) is 8.65. The number of aliphatic carboxylic acids is 1. The Hall–Kier alpha value is -2.37. The Balaban J connectivity index is 1.92. The fourth-order valence-corrected chi connectivity index (χ4v) is 3.04. The van der Waals surface area contributed by atoms with E-state index in [1.54, 1.807) is 11.8 Å². The second-order valence-electron chi connectivity index (χ2n) is 6.66. The first-order valence-electron chi connectivity index (χ1n) is 8.82. The van der Waals surface area contributed by atoms with Crippen LogP contribution in [0, 0.1) is 5.92 Å². The average Bonchev–Trinajstić information content (AvgIpc) is 2.96. The van der Waals surface area contributed by atoms with E-state index in [-0.39, 0.29) is 30.7 Å². The van der Waals surface area contributed by atoms with E-state index in [0.717, 1.165) is 18.5 Å². The largest absolute Gasteiger partial charge is 0.481 e. The molecule has 0 radical (unpaired) electrons. The van der Waals surface area contributed by atoms with Gasteiger partial charge < -0.3 is 15.3 Å². The number of carbonyl (C=O) groups excluding carboxylic acids is 2. The van der Waals surface area contributed by atoms with Gasteiger partial charge in [-0.1, -0.05) is 25.5 Å². The van der Waals surface area contributed by atoms with Crippen molar-refractivity contribution in [1.82, 2.24) is 5.32 Å². The molecule has 2 N–H and O–H groups in total. The van der Waals surface area contributed by atoms with Crippen LogP contribution >= 0.6 is 0 Å². The molecule has 2 atom stereocenters. The van der Waals surface area contributed by atoms with Crippen LogP contribution in [0.3, 0.4) is 0 Å².